The van der Waals surface area contributed by atoms with Crippen molar-refractivity contribution in [3.8, 4) is 5.75 Å². The molecule has 1 N–H and O–H groups in total. The summed E-state index contributed by atoms with van der Waals surface area (Å²) in [4.78, 5) is 27.3. The minimum atomic E-state index is -0.670. The minimum absolute atomic E-state index is 0.165. The standard InChI is InChI=1S/C23H28ClFN2O3/c1-4-20(23(29)26-13-16(2)3)27(14-17-9-11-18(25)12-10-17)22(28)15-30-21-8-6-5-7-19(21)24/h5-12,16,20H,4,13-15H2,1-3H3,(H,26,29)/t20-/m1/s1. The molecule has 0 aliphatic heterocycles. The summed E-state index contributed by atoms with van der Waals surface area (Å²) < 4.78 is 18.9. The number of hydrogen-bond donors (Lipinski definition) is 1. The van der Waals surface area contributed by atoms with E-state index in [1.54, 1.807) is 36.4 Å². The van der Waals surface area contributed by atoms with E-state index < -0.39 is 6.04 Å². The summed E-state index contributed by atoms with van der Waals surface area (Å²) >= 11 is 6.09. The van der Waals surface area contributed by atoms with Gasteiger partial charge < -0.3 is 15.0 Å². The molecule has 7 heteroatoms. The van der Waals surface area contributed by atoms with Crippen molar-refractivity contribution in [2.75, 3.05) is 13.2 Å². The van der Waals surface area contributed by atoms with E-state index in [9.17, 15) is 14.0 Å². The van der Waals surface area contributed by atoms with Crippen molar-refractivity contribution in [3.05, 3.63) is 64.9 Å². The first-order valence-corrected chi connectivity index (χ1v) is 10.4. The van der Waals surface area contributed by atoms with Gasteiger partial charge in [-0.25, -0.2) is 4.39 Å². The number of benzene rings is 2. The number of rotatable bonds is 10. The molecule has 0 saturated carbocycles. The first-order chi connectivity index (χ1) is 14.3. The predicted octanol–water partition coefficient (Wildman–Crippen LogP) is 4.44. The van der Waals surface area contributed by atoms with Crippen LogP contribution in [0.2, 0.25) is 5.02 Å². The van der Waals surface area contributed by atoms with Crippen LogP contribution >= 0.6 is 11.6 Å². The predicted molar refractivity (Wildman–Crippen MR) is 116 cm³/mol. The number of halogens is 2. The summed E-state index contributed by atoms with van der Waals surface area (Å²) in [5.41, 5.74) is 0.720. The molecule has 162 valence electrons. The van der Waals surface area contributed by atoms with Crippen molar-refractivity contribution in [2.45, 2.75) is 39.8 Å². The van der Waals surface area contributed by atoms with Gasteiger partial charge in [0.1, 0.15) is 17.6 Å². The van der Waals surface area contributed by atoms with Gasteiger partial charge in [0.25, 0.3) is 5.91 Å². The van der Waals surface area contributed by atoms with Gasteiger partial charge in [0.05, 0.1) is 5.02 Å². The molecule has 0 aliphatic carbocycles. The third-order valence-corrected chi connectivity index (χ3v) is 4.84. The van der Waals surface area contributed by atoms with Crippen LogP contribution in [0.15, 0.2) is 48.5 Å². The highest BCUT2D eigenvalue weighted by atomic mass is 35.5. The van der Waals surface area contributed by atoms with Crippen molar-refractivity contribution < 1.29 is 18.7 Å². The lowest BCUT2D eigenvalue weighted by atomic mass is 10.1. The monoisotopic (exact) mass is 434 g/mol. The van der Waals surface area contributed by atoms with Crippen molar-refractivity contribution in [1.82, 2.24) is 10.2 Å². The molecule has 2 aromatic rings. The van der Waals surface area contributed by atoms with Gasteiger partial charge in [-0.15, -0.1) is 0 Å². The summed E-state index contributed by atoms with van der Waals surface area (Å²) in [5.74, 6) is -0.256. The highest BCUT2D eigenvalue weighted by Gasteiger charge is 2.29. The van der Waals surface area contributed by atoms with E-state index in [2.05, 4.69) is 5.32 Å². The number of hydrogen-bond acceptors (Lipinski definition) is 3. The van der Waals surface area contributed by atoms with E-state index >= 15 is 0 Å². The van der Waals surface area contributed by atoms with Crippen LogP contribution in [0.5, 0.6) is 5.75 Å². The smallest absolute Gasteiger partial charge is 0.261 e. The van der Waals surface area contributed by atoms with Gasteiger partial charge in [0, 0.05) is 13.1 Å². The Hall–Kier alpha value is -2.60. The van der Waals surface area contributed by atoms with Gasteiger partial charge in [-0.3, -0.25) is 9.59 Å². The fraction of sp³-hybridized carbons (Fsp3) is 0.391. The van der Waals surface area contributed by atoms with Gasteiger partial charge in [-0.1, -0.05) is 56.6 Å². The minimum Gasteiger partial charge on any atom is -0.482 e. The second-order valence-electron chi connectivity index (χ2n) is 7.43. The van der Waals surface area contributed by atoms with Gasteiger partial charge in [0.2, 0.25) is 5.91 Å². The van der Waals surface area contributed by atoms with Crippen molar-refractivity contribution in [1.29, 1.82) is 0 Å². The molecule has 0 aliphatic rings. The van der Waals surface area contributed by atoms with Crippen LogP contribution in [0.1, 0.15) is 32.8 Å². The second-order valence-corrected chi connectivity index (χ2v) is 7.84. The Morgan fingerprint density at radius 1 is 1.13 bits per heavy atom. The molecule has 2 rings (SSSR count). The topological polar surface area (TPSA) is 58.6 Å². The Balaban J connectivity index is 2.19. The SMILES string of the molecule is CC[C@H](C(=O)NCC(C)C)N(Cc1ccc(F)cc1)C(=O)COc1ccccc1Cl. The van der Waals surface area contributed by atoms with E-state index in [0.717, 1.165) is 5.56 Å². The number of amides is 2. The Labute approximate surface area is 182 Å². The highest BCUT2D eigenvalue weighted by Crippen LogP contribution is 2.23. The van der Waals surface area contributed by atoms with Crippen LogP contribution in [-0.4, -0.2) is 35.9 Å². The molecule has 0 aromatic heterocycles. The van der Waals surface area contributed by atoms with Crippen LogP contribution < -0.4 is 10.1 Å². The molecule has 0 bridgehead atoms. The summed E-state index contributed by atoms with van der Waals surface area (Å²) in [7, 11) is 0. The molecule has 30 heavy (non-hydrogen) atoms. The maximum atomic E-state index is 13.3. The average Bonchev–Trinajstić information content (AvgIpc) is 2.72. The molecule has 0 heterocycles. The van der Waals surface area contributed by atoms with Crippen LogP contribution in [0.25, 0.3) is 0 Å². The van der Waals surface area contributed by atoms with E-state index in [4.69, 9.17) is 16.3 Å². The summed E-state index contributed by atoms with van der Waals surface area (Å²) in [6.07, 6.45) is 0.433. The van der Waals surface area contributed by atoms with Gasteiger partial charge in [0.15, 0.2) is 6.61 Å². The Bertz CT molecular complexity index is 843. The fourth-order valence-electron chi connectivity index (χ4n) is 2.91. The number of carbonyl (C=O) groups excluding carboxylic acids is 2. The Morgan fingerprint density at radius 2 is 1.80 bits per heavy atom. The molecule has 0 radical (unpaired) electrons. The molecule has 0 spiro atoms. The first kappa shape index (κ1) is 23.7. The van der Waals surface area contributed by atoms with Crippen LogP contribution in [0.3, 0.4) is 0 Å². The lowest BCUT2D eigenvalue weighted by Crippen LogP contribution is -2.50. The Morgan fingerprint density at radius 3 is 2.40 bits per heavy atom. The summed E-state index contributed by atoms with van der Waals surface area (Å²) in [6, 6.07) is 12.1. The molecule has 0 unspecified atom stereocenters. The second kappa shape index (κ2) is 11.6. The van der Waals surface area contributed by atoms with Crippen molar-refractivity contribution >= 4 is 23.4 Å². The van der Waals surface area contributed by atoms with Crippen molar-refractivity contribution in [3.63, 3.8) is 0 Å². The molecule has 2 aromatic carbocycles. The lowest BCUT2D eigenvalue weighted by molar-refractivity contribution is -0.143. The van der Waals surface area contributed by atoms with Crippen LogP contribution in [-0.2, 0) is 16.1 Å². The molecule has 0 fully saturated rings. The maximum absolute atomic E-state index is 13.3. The molecule has 2 amide bonds. The zero-order valence-corrected chi connectivity index (χ0v) is 18.3. The third-order valence-electron chi connectivity index (χ3n) is 4.52. The molecular weight excluding hydrogens is 407 g/mol. The molecule has 0 saturated heterocycles. The van der Waals surface area contributed by atoms with Gasteiger partial charge in [-0.05, 0) is 42.2 Å². The van der Waals surface area contributed by atoms with E-state index in [-0.39, 0.29) is 36.7 Å². The van der Waals surface area contributed by atoms with Crippen LogP contribution in [0.4, 0.5) is 4.39 Å². The number of para-hydroxylation sites is 1. The maximum Gasteiger partial charge on any atom is 0.261 e. The summed E-state index contributed by atoms with van der Waals surface area (Å²) in [5, 5.41) is 3.29. The van der Waals surface area contributed by atoms with E-state index in [0.29, 0.717) is 23.7 Å². The third kappa shape index (κ3) is 7.02. The first-order valence-electron chi connectivity index (χ1n) is 10.0. The fourth-order valence-corrected chi connectivity index (χ4v) is 3.10. The highest BCUT2D eigenvalue weighted by molar-refractivity contribution is 6.32. The number of nitrogens with zero attached hydrogens (tertiary/aromatic N) is 1. The lowest BCUT2D eigenvalue weighted by Gasteiger charge is -2.30. The number of nitrogens with one attached hydrogen (secondary N) is 1. The zero-order valence-electron chi connectivity index (χ0n) is 17.5. The van der Waals surface area contributed by atoms with E-state index in [1.807, 2.05) is 20.8 Å². The zero-order chi connectivity index (χ0) is 22.1. The number of ether oxygens (including phenoxy) is 1. The van der Waals surface area contributed by atoms with Crippen molar-refractivity contribution in [2.24, 2.45) is 5.92 Å². The average molecular weight is 435 g/mol. The number of carbonyl (C=O) groups is 2. The molecular formula is C23H28ClFN2O3. The van der Waals surface area contributed by atoms with Gasteiger partial charge in [-0.2, -0.15) is 0 Å². The molecule has 5 nitrogen and oxygen atoms in total. The molecule has 1 atom stereocenters. The largest absolute Gasteiger partial charge is 0.482 e. The van der Waals surface area contributed by atoms with Crippen LogP contribution in [0, 0.1) is 11.7 Å². The quantitative estimate of drug-likeness (QED) is 0.601. The summed E-state index contributed by atoms with van der Waals surface area (Å²) in [6.45, 7) is 6.27. The normalized spacial score (nSPS) is 11.8. The van der Waals surface area contributed by atoms with Gasteiger partial charge >= 0.3 is 0 Å². The Kier molecular flexibility index (Phi) is 9.12. The van der Waals surface area contributed by atoms with E-state index in [1.165, 1.54) is 17.0 Å².